The number of nitro groups is 1. The van der Waals surface area contributed by atoms with Crippen molar-refractivity contribution in [2.45, 2.75) is 13.0 Å². The standard InChI is InChI=1S/C18H15FN4O3/c1-11(12-2-6-14(19)7-3-12)21-18(24)16-10-20-22-17(16)13-4-8-15(9-5-13)23(25)26/h2-11H,1H3,(H,20,22)(H,21,24)/t11-/m1/s1. The number of non-ortho nitro benzene ring substituents is 1. The number of nitrogens with one attached hydrogen (secondary N) is 2. The van der Waals surface area contributed by atoms with Gasteiger partial charge in [0.25, 0.3) is 11.6 Å². The summed E-state index contributed by atoms with van der Waals surface area (Å²) in [6.07, 6.45) is 1.39. The Morgan fingerprint density at radius 2 is 1.85 bits per heavy atom. The maximum atomic E-state index is 13.0. The van der Waals surface area contributed by atoms with Gasteiger partial charge in [-0.15, -0.1) is 0 Å². The van der Waals surface area contributed by atoms with Gasteiger partial charge in [0.05, 0.1) is 28.4 Å². The molecule has 2 N–H and O–H groups in total. The molecule has 132 valence electrons. The highest BCUT2D eigenvalue weighted by Gasteiger charge is 2.18. The number of rotatable bonds is 5. The Hall–Kier alpha value is -3.55. The summed E-state index contributed by atoms with van der Waals surface area (Å²) >= 11 is 0. The van der Waals surface area contributed by atoms with E-state index in [0.717, 1.165) is 5.56 Å². The second-order valence-electron chi connectivity index (χ2n) is 5.71. The fraction of sp³-hybridized carbons (Fsp3) is 0.111. The number of amides is 1. The summed E-state index contributed by atoms with van der Waals surface area (Å²) in [6.45, 7) is 1.79. The largest absolute Gasteiger partial charge is 0.345 e. The Morgan fingerprint density at radius 1 is 1.19 bits per heavy atom. The molecule has 0 radical (unpaired) electrons. The summed E-state index contributed by atoms with van der Waals surface area (Å²) < 4.78 is 13.0. The van der Waals surface area contributed by atoms with Crippen molar-refractivity contribution in [3.8, 4) is 11.3 Å². The lowest BCUT2D eigenvalue weighted by atomic mass is 10.1. The Balaban J connectivity index is 1.80. The quantitative estimate of drug-likeness (QED) is 0.540. The minimum atomic E-state index is -0.491. The van der Waals surface area contributed by atoms with Crippen LogP contribution in [-0.2, 0) is 0 Å². The first-order valence-electron chi connectivity index (χ1n) is 7.80. The minimum Gasteiger partial charge on any atom is -0.345 e. The van der Waals surface area contributed by atoms with Gasteiger partial charge >= 0.3 is 0 Å². The number of hydrogen-bond acceptors (Lipinski definition) is 4. The van der Waals surface area contributed by atoms with E-state index in [-0.39, 0.29) is 23.5 Å². The second kappa shape index (κ2) is 7.14. The van der Waals surface area contributed by atoms with E-state index in [1.807, 2.05) is 0 Å². The van der Waals surface area contributed by atoms with Crippen molar-refractivity contribution in [2.24, 2.45) is 0 Å². The van der Waals surface area contributed by atoms with Gasteiger partial charge in [0.2, 0.25) is 0 Å². The third kappa shape index (κ3) is 3.59. The van der Waals surface area contributed by atoms with Crippen LogP contribution in [-0.4, -0.2) is 21.0 Å². The van der Waals surface area contributed by atoms with Crippen LogP contribution in [0.4, 0.5) is 10.1 Å². The Labute approximate surface area is 148 Å². The summed E-state index contributed by atoms with van der Waals surface area (Å²) in [4.78, 5) is 22.8. The summed E-state index contributed by atoms with van der Waals surface area (Å²) in [6, 6.07) is 11.4. The van der Waals surface area contributed by atoms with Gasteiger partial charge < -0.3 is 5.32 Å². The van der Waals surface area contributed by atoms with E-state index in [4.69, 9.17) is 0 Å². The SMILES string of the molecule is C[C@@H](NC(=O)c1cn[nH]c1-c1ccc([N+](=O)[O-])cc1)c1ccc(F)cc1. The molecule has 0 aliphatic rings. The fourth-order valence-electron chi connectivity index (χ4n) is 2.54. The molecule has 0 aliphatic heterocycles. The molecule has 0 fully saturated rings. The summed E-state index contributed by atoms with van der Waals surface area (Å²) in [5.41, 5.74) is 2.11. The van der Waals surface area contributed by atoms with Crippen LogP contribution in [0, 0.1) is 15.9 Å². The van der Waals surface area contributed by atoms with Crippen LogP contribution in [0.5, 0.6) is 0 Å². The third-order valence-corrected chi connectivity index (χ3v) is 3.97. The van der Waals surface area contributed by atoms with Crippen molar-refractivity contribution in [1.82, 2.24) is 15.5 Å². The number of benzene rings is 2. The number of carbonyl (C=O) groups is 1. The zero-order valence-electron chi connectivity index (χ0n) is 13.8. The lowest BCUT2D eigenvalue weighted by molar-refractivity contribution is -0.384. The Morgan fingerprint density at radius 3 is 2.46 bits per heavy atom. The van der Waals surface area contributed by atoms with E-state index < -0.39 is 4.92 Å². The van der Waals surface area contributed by atoms with E-state index in [1.54, 1.807) is 31.2 Å². The average molecular weight is 354 g/mol. The zero-order valence-corrected chi connectivity index (χ0v) is 13.8. The van der Waals surface area contributed by atoms with Gasteiger partial charge in [-0.05, 0) is 36.8 Å². The van der Waals surface area contributed by atoms with Crippen LogP contribution in [0.15, 0.2) is 54.7 Å². The molecule has 7 nitrogen and oxygen atoms in total. The summed E-state index contributed by atoms with van der Waals surface area (Å²) in [7, 11) is 0. The highest BCUT2D eigenvalue weighted by atomic mass is 19.1. The van der Waals surface area contributed by atoms with Crippen molar-refractivity contribution >= 4 is 11.6 Å². The van der Waals surface area contributed by atoms with E-state index >= 15 is 0 Å². The first-order valence-corrected chi connectivity index (χ1v) is 7.80. The van der Waals surface area contributed by atoms with Gasteiger partial charge in [-0.25, -0.2) is 4.39 Å². The Kier molecular flexibility index (Phi) is 4.74. The molecule has 3 rings (SSSR count). The number of H-pyrrole nitrogens is 1. The van der Waals surface area contributed by atoms with Gasteiger partial charge in [-0.3, -0.25) is 20.0 Å². The second-order valence-corrected chi connectivity index (χ2v) is 5.71. The molecule has 8 heteroatoms. The highest BCUT2D eigenvalue weighted by molar-refractivity contribution is 5.99. The summed E-state index contributed by atoms with van der Waals surface area (Å²) in [5.74, 6) is -0.702. The molecule has 1 aromatic heterocycles. The van der Waals surface area contributed by atoms with Crippen molar-refractivity contribution in [3.63, 3.8) is 0 Å². The van der Waals surface area contributed by atoms with Gasteiger partial charge in [0.1, 0.15) is 5.82 Å². The Bertz CT molecular complexity index is 936. The topological polar surface area (TPSA) is 101 Å². The minimum absolute atomic E-state index is 0.0378. The molecule has 0 saturated heterocycles. The molecule has 0 spiro atoms. The molecular weight excluding hydrogens is 339 g/mol. The predicted molar refractivity (Wildman–Crippen MR) is 93.0 cm³/mol. The van der Waals surface area contributed by atoms with Gasteiger partial charge in [-0.2, -0.15) is 5.10 Å². The highest BCUT2D eigenvalue weighted by Crippen LogP contribution is 2.24. The zero-order chi connectivity index (χ0) is 18.7. The molecule has 1 atom stereocenters. The molecule has 0 saturated carbocycles. The van der Waals surface area contributed by atoms with Gasteiger partial charge in [0, 0.05) is 17.7 Å². The molecular formula is C18H15FN4O3. The molecule has 26 heavy (non-hydrogen) atoms. The summed E-state index contributed by atoms with van der Waals surface area (Å²) in [5, 5.41) is 20.2. The predicted octanol–water partition coefficient (Wildman–Crippen LogP) is 3.62. The van der Waals surface area contributed by atoms with Crippen LogP contribution in [0.2, 0.25) is 0 Å². The van der Waals surface area contributed by atoms with Crippen LogP contribution >= 0.6 is 0 Å². The van der Waals surface area contributed by atoms with Crippen LogP contribution in [0.1, 0.15) is 28.9 Å². The van der Waals surface area contributed by atoms with Crippen LogP contribution in [0.25, 0.3) is 11.3 Å². The van der Waals surface area contributed by atoms with Crippen molar-refractivity contribution in [2.75, 3.05) is 0 Å². The number of hydrogen-bond donors (Lipinski definition) is 2. The van der Waals surface area contributed by atoms with Crippen molar-refractivity contribution < 1.29 is 14.1 Å². The lowest BCUT2D eigenvalue weighted by Gasteiger charge is -2.14. The number of carbonyl (C=O) groups excluding carboxylic acids is 1. The van der Waals surface area contributed by atoms with Gasteiger partial charge in [0.15, 0.2) is 0 Å². The normalized spacial score (nSPS) is 11.8. The monoisotopic (exact) mass is 354 g/mol. The van der Waals surface area contributed by atoms with E-state index in [1.165, 1.54) is 30.5 Å². The molecule has 0 aliphatic carbocycles. The lowest BCUT2D eigenvalue weighted by Crippen LogP contribution is -2.26. The number of nitrogens with zero attached hydrogens (tertiary/aromatic N) is 2. The van der Waals surface area contributed by atoms with Crippen LogP contribution < -0.4 is 5.32 Å². The van der Waals surface area contributed by atoms with E-state index in [9.17, 15) is 19.3 Å². The third-order valence-electron chi connectivity index (χ3n) is 3.97. The maximum Gasteiger partial charge on any atom is 0.269 e. The fourth-order valence-corrected chi connectivity index (χ4v) is 2.54. The van der Waals surface area contributed by atoms with Gasteiger partial charge in [-0.1, -0.05) is 12.1 Å². The number of nitro benzene ring substituents is 1. The number of aromatic amines is 1. The molecule has 0 bridgehead atoms. The average Bonchev–Trinajstić information content (AvgIpc) is 3.12. The molecule has 1 amide bonds. The maximum absolute atomic E-state index is 13.0. The molecule has 2 aromatic carbocycles. The van der Waals surface area contributed by atoms with Crippen LogP contribution in [0.3, 0.4) is 0 Å². The molecule has 1 heterocycles. The smallest absolute Gasteiger partial charge is 0.269 e. The van der Waals surface area contributed by atoms with Crippen molar-refractivity contribution in [3.05, 3.63) is 81.8 Å². The first-order chi connectivity index (χ1) is 12.5. The molecule has 0 unspecified atom stereocenters. The number of aromatic nitrogens is 2. The van der Waals surface area contributed by atoms with Crippen molar-refractivity contribution in [1.29, 1.82) is 0 Å². The van der Waals surface area contributed by atoms with E-state index in [0.29, 0.717) is 16.8 Å². The number of halogens is 1. The molecule has 3 aromatic rings. The first kappa shape index (κ1) is 17.3. The van der Waals surface area contributed by atoms with E-state index in [2.05, 4.69) is 15.5 Å².